The first-order valence-electron chi connectivity index (χ1n) is 5.93. The number of ether oxygens (including phenoxy) is 2. The van der Waals surface area contributed by atoms with Crippen molar-refractivity contribution >= 4 is 5.97 Å². The van der Waals surface area contributed by atoms with Crippen LogP contribution in [0.5, 0.6) is 0 Å². The van der Waals surface area contributed by atoms with E-state index in [2.05, 4.69) is 0 Å². The van der Waals surface area contributed by atoms with Gasteiger partial charge in [0.25, 0.3) is 0 Å². The molecule has 0 spiro atoms. The van der Waals surface area contributed by atoms with Crippen LogP contribution >= 0.6 is 0 Å². The van der Waals surface area contributed by atoms with Crippen LogP contribution in [-0.2, 0) is 9.47 Å². The van der Waals surface area contributed by atoms with Crippen molar-refractivity contribution in [3.05, 3.63) is 35.9 Å². The summed E-state index contributed by atoms with van der Waals surface area (Å²) in [6.07, 6.45) is 0.646. The van der Waals surface area contributed by atoms with E-state index in [1.807, 2.05) is 5.92 Å². The van der Waals surface area contributed by atoms with E-state index >= 15 is 0 Å². The highest BCUT2D eigenvalue weighted by Gasteiger charge is 2.54. The highest BCUT2D eigenvalue weighted by atomic mass is 16.7. The molecule has 4 atom stereocenters. The van der Waals surface area contributed by atoms with Crippen LogP contribution in [0.25, 0.3) is 0 Å². The summed E-state index contributed by atoms with van der Waals surface area (Å²) >= 11 is 0. The molecule has 0 amide bonds. The quantitative estimate of drug-likeness (QED) is 0.499. The Kier molecular flexibility index (Phi) is 4.06. The van der Waals surface area contributed by atoms with Gasteiger partial charge in [-0.15, -0.1) is 6.42 Å². The summed E-state index contributed by atoms with van der Waals surface area (Å²) in [5.41, 5.74) is -1.77. The van der Waals surface area contributed by atoms with Gasteiger partial charge in [-0.3, -0.25) is 0 Å². The molecule has 20 heavy (non-hydrogen) atoms. The zero-order chi connectivity index (χ0) is 14.8. The summed E-state index contributed by atoms with van der Waals surface area (Å²) in [6.45, 7) is -0.386. The van der Waals surface area contributed by atoms with E-state index in [0.29, 0.717) is 5.56 Å². The molecular formula is C14H14O6. The van der Waals surface area contributed by atoms with Gasteiger partial charge in [-0.1, -0.05) is 24.1 Å². The zero-order valence-corrected chi connectivity index (χ0v) is 10.5. The van der Waals surface area contributed by atoms with Gasteiger partial charge < -0.3 is 24.8 Å². The van der Waals surface area contributed by atoms with Crippen molar-refractivity contribution in [1.29, 1.82) is 0 Å². The molecular weight excluding hydrogens is 264 g/mol. The molecule has 106 valence electrons. The van der Waals surface area contributed by atoms with Gasteiger partial charge in [0, 0.05) is 0 Å². The molecule has 1 unspecified atom stereocenters. The molecule has 3 N–H and O–H groups in total. The number of benzene rings is 1. The molecule has 6 heteroatoms. The number of terminal acetylenes is 1. The minimum atomic E-state index is -2.10. The molecule has 1 aromatic rings. The Hall–Kier alpha value is -1.91. The van der Waals surface area contributed by atoms with Gasteiger partial charge in [-0.25, -0.2) is 4.79 Å². The standard InChI is InChI=1S/C14H14O6/c1-2-14(18)10(20-13(17)11(14)15)8-19-12(16)9-6-4-3-5-7-9/h1,3-7,10-11,13,15,17-18H,8H2/t10-,11+,13?,14+/m1/s1. The molecule has 1 fully saturated rings. The maximum Gasteiger partial charge on any atom is 0.338 e. The third kappa shape index (κ3) is 2.53. The lowest BCUT2D eigenvalue weighted by Crippen LogP contribution is -2.48. The average molecular weight is 278 g/mol. The maximum absolute atomic E-state index is 11.7. The van der Waals surface area contributed by atoms with Crippen LogP contribution in [0.3, 0.4) is 0 Å². The normalized spacial score (nSPS) is 32.6. The van der Waals surface area contributed by atoms with Crippen molar-refractivity contribution in [2.45, 2.75) is 24.1 Å². The van der Waals surface area contributed by atoms with Gasteiger partial charge in [0.15, 0.2) is 11.9 Å². The summed E-state index contributed by atoms with van der Waals surface area (Å²) < 4.78 is 9.87. The Morgan fingerprint density at radius 3 is 2.65 bits per heavy atom. The van der Waals surface area contributed by atoms with E-state index in [1.54, 1.807) is 30.3 Å². The van der Waals surface area contributed by atoms with Crippen molar-refractivity contribution in [1.82, 2.24) is 0 Å². The predicted molar refractivity (Wildman–Crippen MR) is 67.4 cm³/mol. The first-order chi connectivity index (χ1) is 9.49. The van der Waals surface area contributed by atoms with Crippen LogP contribution < -0.4 is 0 Å². The SMILES string of the molecule is C#C[C@]1(O)[C@@H](COC(=O)c2ccccc2)OC(O)[C@@H]1O. The number of carbonyl (C=O) groups is 1. The Bertz CT molecular complexity index is 522. The topological polar surface area (TPSA) is 96.2 Å². The molecule has 1 aliphatic rings. The van der Waals surface area contributed by atoms with Gasteiger partial charge in [0.1, 0.15) is 18.8 Å². The van der Waals surface area contributed by atoms with Crippen LogP contribution in [-0.4, -0.2) is 52.0 Å². The fourth-order valence-electron chi connectivity index (χ4n) is 1.91. The highest BCUT2D eigenvalue weighted by molar-refractivity contribution is 5.89. The highest BCUT2D eigenvalue weighted by Crippen LogP contribution is 2.30. The first kappa shape index (κ1) is 14.5. The van der Waals surface area contributed by atoms with Crippen molar-refractivity contribution in [3.63, 3.8) is 0 Å². The molecule has 1 saturated heterocycles. The summed E-state index contributed by atoms with van der Waals surface area (Å²) in [5.74, 6) is 1.34. The second-order valence-electron chi connectivity index (χ2n) is 4.39. The summed E-state index contributed by atoms with van der Waals surface area (Å²) in [6, 6.07) is 8.23. The number of hydrogen-bond donors (Lipinski definition) is 3. The third-order valence-corrected chi connectivity index (χ3v) is 3.12. The predicted octanol–water partition coefficient (Wildman–Crippen LogP) is -0.714. The number of rotatable bonds is 3. The van der Waals surface area contributed by atoms with E-state index in [-0.39, 0.29) is 6.61 Å². The van der Waals surface area contributed by atoms with Crippen LogP contribution in [0.1, 0.15) is 10.4 Å². The molecule has 1 aromatic carbocycles. The third-order valence-electron chi connectivity index (χ3n) is 3.12. The van der Waals surface area contributed by atoms with Crippen LogP contribution in [0.4, 0.5) is 0 Å². The van der Waals surface area contributed by atoms with Crippen molar-refractivity contribution in [2.75, 3.05) is 6.61 Å². The first-order valence-corrected chi connectivity index (χ1v) is 5.93. The Balaban J connectivity index is 2.01. The lowest BCUT2D eigenvalue weighted by atomic mass is 9.94. The van der Waals surface area contributed by atoms with E-state index < -0.39 is 30.1 Å². The zero-order valence-electron chi connectivity index (χ0n) is 10.5. The summed E-state index contributed by atoms with van der Waals surface area (Å²) in [7, 11) is 0. The van der Waals surface area contributed by atoms with E-state index in [0.717, 1.165) is 0 Å². The minimum absolute atomic E-state index is 0.329. The smallest absolute Gasteiger partial charge is 0.338 e. The Labute approximate surface area is 115 Å². The molecule has 0 aromatic heterocycles. The fraction of sp³-hybridized carbons (Fsp3) is 0.357. The summed E-state index contributed by atoms with van der Waals surface area (Å²) in [5, 5.41) is 28.9. The lowest BCUT2D eigenvalue weighted by molar-refractivity contribution is -0.133. The van der Waals surface area contributed by atoms with Gasteiger partial charge in [-0.05, 0) is 12.1 Å². The van der Waals surface area contributed by atoms with Crippen LogP contribution in [0, 0.1) is 12.3 Å². The van der Waals surface area contributed by atoms with E-state index in [4.69, 9.17) is 15.9 Å². The Morgan fingerprint density at radius 1 is 1.40 bits per heavy atom. The van der Waals surface area contributed by atoms with Crippen molar-refractivity contribution < 1.29 is 29.6 Å². The monoisotopic (exact) mass is 278 g/mol. The molecule has 0 bridgehead atoms. The van der Waals surface area contributed by atoms with Crippen LogP contribution in [0.15, 0.2) is 30.3 Å². The molecule has 1 aliphatic heterocycles. The molecule has 2 rings (SSSR count). The van der Waals surface area contributed by atoms with E-state index in [9.17, 15) is 20.1 Å². The second kappa shape index (κ2) is 5.61. The minimum Gasteiger partial charge on any atom is -0.459 e. The number of esters is 1. The second-order valence-corrected chi connectivity index (χ2v) is 4.39. The number of carbonyl (C=O) groups excluding carboxylic acids is 1. The van der Waals surface area contributed by atoms with Gasteiger partial charge >= 0.3 is 5.97 Å². The van der Waals surface area contributed by atoms with Crippen molar-refractivity contribution in [2.24, 2.45) is 0 Å². The number of aliphatic hydroxyl groups excluding tert-OH is 2. The molecule has 0 aliphatic carbocycles. The summed E-state index contributed by atoms with van der Waals surface area (Å²) in [4.78, 5) is 11.7. The average Bonchev–Trinajstić information content (AvgIpc) is 2.70. The number of aliphatic hydroxyl groups is 3. The Morgan fingerprint density at radius 2 is 2.05 bits per heavy atom. The van der Waals surface area contributed by atoms with Gasteiger partial charge in [0.2, 0.25) is 0 Å². The number of hydrogen-bond acceptors (Lipinski definition) is 6. The largest absolute Gasteiger partial charge is 0.459 e. The molecule has 0 radical (unpaired) electrons. The van der Waals surface area contributed by atoms with Gasteiger partial charge in [-0.2, -0.15) is 0 Å². The van der Waals surface area contributed by atoms with Crippen LogP contribution in [0.2, 0.25) is 0 Å². The lowest BCUT2D eigenvalue weighted by Gasteiger charge is -2.24. The maximum atomic E-state index is 11.7. The van der Waals surface area contributed by atoms with Crippen molar-refractivity contribution in [3.8, 4) is 12.3 Å². The molecule has 0 saturated carbocycles. The van der Waals surface area contributed by atoms with E-state index in [1.165, 1.54) is 0 Å². The molecule has 6 nitrogen and oxygen atoms in total. The van der Waals surface area contributed by atoms with Gasteiger partial charge in [0.05, 0.1) is 5.56 Å². The molecule has 1 heterocycles. The fourth-order valence-corrected chi connectivity index (χ4v) is 1.91.